The van der Waals surface area contributed by atoms with Crippen molar-refractivity contribution in [3.63, 3.8) is 0 Å². The van der Waals surface area contributed by atoms with Gasteiger partial charge < -0.3 is 0 Å². The van der Waals surface area contributed by atoms with E-state index in [0.717, 1.165) is 36.5 Å². The number of alkyl halides is 6. The highest BCUT2D eigenvalue weighted by atomic mass is 19.4. The molecular formula is C16H8F6O2. The van der Waals surface area contributed by atoms with Crippen LogP contribution in [0.1, 0.15) is 0 Å². The summed E-state index contributed by atoms with van der Waals surface area (Å²) in [4.78, 5) is 22.4. The molecule has 0 spiro atoms. The zero-order valence-electron chi connectivity index (χ0n) is 11.7. The smallest absolute Gasteiger partial charge is 0.289 e. The van der Waals surface area contributed by atoms with Crippen LogP contribution in [0.4, 0.5) is 26.3 Å². The summed E-state index contributed by atoms with van der Waals surface area (Å²) in [6.07, 6.45) is -2.53. The first kappa shape index (κ1) is 17.7. The monoisotopic (exact) mass is 346 g/mol. The Morgan fingerprint density at radius 2 is 0.958 bits per heavy atom. The number of allylic oxidation sites excluding steroid dienone is 12. The van der Waals surface area contributed by atoms with Crippen molar-refractivity contribution in [2.75, 3.05) is 0 Å². The van der Waals surface area contributed by atoms with Crippen LogP contribution in [0.15, 0.2) is 70.9 Å². The van der Waals surface area contributed by atoms with E-state index in [4.69, 9.17) is 0 Å². The average Bonchev–Trinajstić information content (AvgIpc) is 2.45. The highest BCUT2D eigenvalue weighted by molar-refractivity contribution is 6.07. The number of carbonyl (C=O) groups is 2. The molecule has 0 radical (unpaired) electrons. The van der Waals surface area contributed by atoms with Crippen molar-refractivity contribution in [3.8, 4) is 0 Å². The molecule has 0 fully saturated rings. The molecule has 0 saturated heterocycles. The normalized spacial score (nSPS) is 22.2. The summed E-state index contributed by atoms with van der Waals surface area (Å²) in [7, 11) is 0. The fourth-order valence-electron chi connectivity index (χ4n) is 1.94. The lowest BCUT2D eigenvalue weighted by atomic mass is 9.97. The third-order valence-corrected chi connectivity index (χ3v) is 3.09. The van der Waals surface area contributed by atoms with Gasteiger partial charge >= 0.3 is 12.4 Å². The van der Waals surface area contributed by atoms with Crippen molar-refractivity contribution >= 4 is 11.6 Å². The van der Waals surface area contributed by atoms with Crippen LogP contribution in [0.2, 0.25) is 0 Å². The van der Waals surface area contributed by atoms with Gasteiger partial charge in [-0.1, -0.05) is 24.3 Å². The lowest BCUT2D eigenvalue weighted by Gasteiger charge is -2.13. The second-order valence-electron chi connectivity index (χ2n) is 4.84. The minimum atomic E-state index is -4.82. The predicted molar refractivity (Wildman–Crippen MR) is 72.7 cm³/mol. The Labute approximate surface area is 131 Å². The van der Waals surface area contributed by atoms with E-state index >= 15 is 0 Å². The number of carbonyl (C=O) groups excluding carboxylic acids is 2. The van der Waals surface area contributed by atoms with Gasteiger partial charge in [-0.25, -0.2) is 0 Å². The van der Waals surface area contributed by atoms with Gasteiger partial charge in [0, 0.05) is 0 Å². The molecule has 24 heavy (non-hydrogen) atoms. The molecule has 0 N–H and O–H groups in total. The van der Waals surface area contributed by atoms with E-state index < -0.39 is 35.1 Å². The van der Waals surface area contributed by atoms with Gasteiger partial charge in [-0.3, -0.25) is 9.59 Å². The van der Waals surface area contributed by atoms with Crippen LogP contribution in [-0.2, 0) is 9.59 Å². The molecule has 0 heterocycles. The number of rotatable bonds is 1. The Morgan fingerprint density at radius 3 is 1.25 bits per heavy atom. The van der Waals surface area contributed by atoms with E-state index in [0.29, 0.717) is 12.2 Å². The van der Waals surface area contributed by atoms with Crippen LogP contribution < -0.4 is 0 Å². The summed E-state index contributed by atoms with van der Waals surface area (Å²) in [5, 5.41) is 0. The molecule has 0 aromatic heterocycles. The van der Waals surface area contributed by atoms with Crippen LogP contribution in [0.5, 0.6) is 0 Å². The van der Waals surface area contributed by atoms with Crippen molar-refractivity contribution < 1.29 is 35.9 Å². The fraction of sp³-hybridized carbons (Fsp3) is 0.125. The predicted octanol–water partition coefficient (Wildman–Crippen LogP) is 4.09. The first-order valence-corrected chi connectivity index (χ1v) is 6.43. The van der Waals surface area contributed by atoms with Crippen molar-refractivity contribution in [3.05, 3.63) is 70.9 Å². The summed E-state index contributed by atoms with van der Waals surface area (Å²) in [5.74, 6) is -2.40. The van der Waals surface area contributed by atoms with Gasteiger partial charge in [0.05, 0.1) is 0 Å². The van der Waals surface area contributed by atoms with Crippen LogP contribution in [0.3, 0.4) is 0 Å². The Kier molecular flexibility index (Phi) is 4.50. The fourth-order valence-corrected chi connectivity index (χ4v) is 1.94. The Balaban J connectivity index is 2.34. The van der Waals surface area contributed by atoms with Gasteiger partial charge in [-0.05, 0) is 35.5 Å². The Hall–Kier alpha value is -2.64. The van der Waals surface area contributed by atoms with Crippen LogP contribution in [0, 0.1) is 0 Å². The largest absolute Gasteiger partial charge is 0.420 e. The molecule has 0 unspecified atom stereocenters. The minimum Gasteiger partial charge on any atom is -0.289 e. The van der Waals surface area contributed by atoms with Crippen molar-refractivity contribution in [2.45, 2.75) is 12.4 Å². The molecule has 0 aliphatic heterocycles. The molecular weight excluding hydrogens is 338 g/mol. The maximum atomic E-state index is 12.6. The minimum absolute atomic E-state index is 0.0123. The van der Waals surface area contributed by atoms with Gasteiger partial charge in [0.25, 0.3) is 0 Å². The van der Waals surface area contributed by atoms with E-state index in [1.165, 1.54) is 0 Å². The Morgan fingerprint density at radius 1 is 0.625 bits per heavy atom. The van der Waals surface area contributed by atoms with E-state index in [-0.39, 0.29) is 11.1 Å². The molecule has 2 rings (SSSR count). The van der Waals surface area contributed by atoms with Crippen LogP contribution in [-0.4, -0.2) is 23.9 Å². The summed E-state index contributed by atoms with van der Waals surface area (Å²) in [6.45, 7) is 0. The van der Waals surface area contributed by atoms with E-state index in [1.54, 1.807) is 0 Å². The van der Waals surface area contributed by atoms with Crippen molar-refractivity contribution in [1.29, 1.82) is 0 Å². The van der Waals surface area contributed by atoms with Gasteiger partial charge in [0.1, 0.15) is 11.1 Å². The third kappa shape index (κ3) is 4.01. The van der Waals surface area contributed by atoms with Gasteiger partial charge in [-0.2, -0.15) is 26.3 Å². The molecule has 2 aliphatic carbocycles. The maximum absolute atomic E-state index is 12.6. The second-order valence-corrected chi connectivity index (χ2v) is 4.84. The van der Waals surface area contributed by atoms with E-state index in [1.807, 2.05) is 0 Å². The van der Waals surface area contributed by atoms with Crippen LogP contribution >= 0.6 is 0 Å². The molecule has 2 nitrogen and oxygen atoms in total. The number of halogens is 6. The van der Waals surface area contributed by atoms with Gasteiger partial charge in [0.2, 0.25) is 0 Å². The summed E-state index contributed by atoms with van der Waals surface area (Å²) >= 11 is 0. The quantitative estimate of drug-likeness (QED) is 0.670. The summed E-state index contributed by atoms with van der Waals surface area (Å²) < 4.78 is 75.8. The molecule has 126 valence electrons. The topological polar surface area (TPSA) is 34.1 Å². The SMILES string of the molecule is O=C1C=C/C(=C/C=C2\C=CC(=O)C(C(F)(F)F)=C2)C=C1C(F)(F)F. The van der Waals surface area contributed by atoms with Crippen molar-refractivity contribution in [2.24, 2.45) is 0 Å². The molecule has 0 aromatic carbocycles. The zero-order valence-corrected chi connectivity index (χ0v) is 11.7. The zero-order chi connectivity index (χ0) is 18.1. The van der Waals surface area contributed by atoms with Crippen molar-refractivity contribution in [1.82, 2.24) is 0 Å². The standard InChI is InChI=1S/C16H8F6O2/c17-15(18,19)11-7-9(3-5-13(11)23)1-2-10-4-6-14(24)12(8-10)16(20,21)22/h1-8H/b9-1-,10-2+. The summed E-state index contributed by atoms with van der Waals surface area (Å²) in [6, 6.07) is 0. The first-order valence-electron chi connectivity index (χ1n) is 6.43. The molecule has 0 aromatic rings. The third-order valence-electron chi connectivity index (χ3n) is 3.09. The first-order chi connectivity index (χ1) is 11.0. The van der Waals surface area contributed by atoms with E-state index in [2.05, 4.69) is 0 Å². The molecule has 0 bridgehead atoms. The van der Waals surface area contributed by atoms with Gasteiger partial charge in [-0.15, -0.1) is 0 Å². The molecule has 0 atom stereocenters. The van der Waals surface area contributed by atoms with Crippen LogP contribution in [0.25, 0.3) is 0 Å². The lowest BCUT2D eigenvalue weighted by Crippen LogP contribution is -2.20. The lowest BCUT2D eigenvalue weighted by molar-refractivity contribution is -0.126. The highest BCUT2D eigenvalue weighted by Crippen LogP contribution is 2.31. The molecule has 2 aliphatic rings. The number of hydrogen-bond donors (Lipinski definition) is 0. The molecule has 0 amide bonds. The number of hydrogen-bond acceptors (Lipinski definition) is 2. The Bertz CT molecular complexity index is 701. The highest BCUT2D eigenvalue weighted by Gasteiger charge is 2.39. The molecule has 8 heteroatoms. The van der Waals surface area contributed by atoms with Gasteiger partial charge in [0.15, 0.2) is 11.6 Å². The maximum Gasteiger partial charge on any atom is 0.420 e. The average molecular weight is 346 g/mol. The summed E-state index contributed by atoms with van der Waals surface area (Å²) in [5.41, 5.74) is -2.76. The number of ketones is 2. The second kappa shape index (κ2) is 6.10. The molecule has 0 saturated carbocycles. The van der Waals surface area contributed by atoms with E-state index in [9.17, 15) is 35.9 Å².